The van der Waals surface area contributed by atoms with Crippen LogP contribution in [0.1, 0.15) is 23.0 Å². The predicted octanol–water partition coefficient (Wildman–Crippen LogP) is 3.29. The lowest BCUT2D eigenvalue weighted by Gasteiger charge is -2.09. The summed E-state index contributed by atoms with van der Waals surface area (Å²) in [7, 11) is -3.70. The number of esters is 1. The minimum absolute atomic E-state index is 0.0969. The Morgan fingerprint density at radius 3 is 2.48 bits per heavy atom. The molecule has 2 N–H and O–H groups in total. The molecule has 0 spiro atoms. The van der Waals surface area contributed by atoms with E-state index in [9.17, 15) is 13.2 Å². The molecule has 0 unspecified atom stereocenters. The van der Waals surface area contributed by atoms with E-state index in [0.29, 0.717) is 16.5 Å². The Hall–Kier alpha value is -2.80. The van der Waals surface area contributed by atoms with Crippen LogP contribution < -0.4 is 4.72 Å². The summed E-state index contributed by atoms with van der Waals surface area (Å²) in [6.45, 7) is 1.89. The van der Waals surface area contributed by atoms with Crippen LogP contribution >= 0.6 is 0 Å². The number of aromatic amines is 1. The molecule has 0 radical (unpaired) electrons. The van der Waals surface area contributed by atoms with Gasteiger partial charge in [-0.1, -0.05) is 48.5 Å². The third kappa shape index (κ3) is 3.83. The van der Waals surface area contributed by atoms with Gasteiger partial charge in [0.2, 0.25) is 10.0 Å². The van der Waals surface area contributed by atoms with Gasteiger partial charge in [-0.15, -0.1) is 0 Å². The normalized spacial score (nSPS) is 11.4. The van der Waals surface area contributed by atoms with E-state index < -0.39 is 16.0 Å². The Morgan fingerprint density at radius 2 is 1.76 bits per heavy atom. The first kappa shape index (κ1) is 17.0. The lowest BCUT2D eigenvalue weighted by atomic mass is 10.2. The highest BCUT2D eigenvalue weighted by Gasteiger charge is 2.23. The number of benzene rings is 2. The summed E-state index contributed by atoms with van der Waals surface area (Å²) < 4.78 is 32.7. The highest BCUT2D eigenvalue weighted by Crippen LogP contribution is 2.29. The number of H-pyrrole nitrogens is 1. The van der Waals surface area contributed by atoms with Crippen molar-refractivity contribution in [1.29, 1.82) is 0 Å². The quantitative estimate of drug-likeness (QED) is 0.662. The van der Waals surface area contributed by atoms with E-state index in [0.717, 1.165) is 0 Å². The lowest BCUT2D eigenvalue weighted by Crippen LogP contribution is -2.17. The molecular weight excluding hydrogens is 340 g/mol. The SMILES string of the molecule is CCOC(=O)c1[nH]c2ccccc2c1NS(=O)(=O)Cc1ccccc1. The van der Waals surface area contributed by atoms with E-state index in [1.807, 2.05) is 6.07 Å². The molecule has 0 aliphatic rings. The number of nitrogens with one attached hydrogen (secondary N) is 2. The topological polar surface area (TPSA) is 88.3 Å². The summed E-state index contributed by atoms with van der Waals surface area (Å²) in [5.41, 5.74) is 1.63. The summed E-state index contributed by atoms with van der Waals surface area (Å²) >= 11 is 0. The number of ether oxygens (including phenoxy) is 1. The second-order valence-corrected chi connectivity index (χ2v) is 7.21. The van der Waals surface area contributed by atoms with Crippen molar-refractivity contribution < 1.29 is 17.9 Å². The third-order valence-electron chi connectivity index (χ3n) is 3.64. The van der Waals surface area contributed by atoms with Crippen molar-refractivity contribution in [2.45, 2.75) is 12.7 Å². The summed E-state index contributed by atoms with van der Waals surface area (Å²) in [5, 5.41) is 0.613. The Kier molecular flexibility index (Phi) is 4.76. The standard InChI is InChI=1S/C18H18N2O4S/c1-2-24-18(21)17-16(14-10-6-7-11-15(14)19-17)20-25(22,23)12-13-8-4-3-5-9-13/h3-11,19-20H,2,12H2,1H3. The van der Waals surface area contributed by atoms with Crippen molar-refractivity contribution in [1.82, 2.24) is 4.98 Å². The number of fused-ring (bicyclic) bond motifs is 1. The maximum atomic E-state index is 12.6. The van der Waals surface area contributed by atoms with Crippen LogP contribution in [0.2, 0.25) is 0 Å². The van der Waals surface area contributed by atoms with Crippen molar-refractivity contribution >= 4 is 32.6 Å². The fourth-order valence-corrected chi connectivity index (χ4v) is 3.82. The monoisotopic (exact) mass is 358 g/mol. The number of anilines is 1. The Balaban J connectivity index is 1.99. The van der Waals surface area contributed by atoms with Crippen LogP contribution in [-0.4, -0.2) is 26.0 Å². The zero-order valence-electron chi connectivity index (χ0n) is 13.7. The summed E-state index contributed by atoms with van der Waals surface area (Å²) in [5.74, 6) is -0.786. The average molecular weight is 358 g/mol. The maximum absolute atomic E-state index is 12.6. The van der Waals surface area contributed by atoms with Gasteiger partial charge in [0.25, 0.3) is 0 Å². The summed E-state index contributed by atoms with van der Waals surface area (Å²) in [6, 6.07) is 15.9. The van der Waals surface area contributed by atoms with Gasteiger partial charge in [0.05, 0.1) is 18.0 Å². The number of hydrogen-bond donors (Lipinski definition) is 2. The average Bonchev–Trinajstić information content (AvgIpc) is 2.94. The van der Waals surface area contributed by atoms with Crippen molar-refractivity contribution in [2.24, 2.45) is 0 Å². The zero-order chi connectivity index (χ0) is 17.9. The smallest absolute Gasteiger partial charge is 0.356 e. The highest BCUT2D eigenvalue weighted by atomic mass is 32.2. The van der Waals surface area contributed by atoms with E-state index >= 15 is 0 Å². The Labute approximate surface area is 145 Å². The van der Waals surface area contributed by atoms with Gasteiger partial charge in [0.1, 0.15) is 0 Å². The Morgan fingerprint density at radius 1 is 1.08 bits per heavy atom. The van der Waals surface area contributed by atoms with Gasteiger partial charge in [-0.25, -0.2) is 13.2 Å². The molecule has 3 aromatic rings. The third-order valence-corrected chi connectivity index (χ3v) is 4.87. The first-order valence-corrected chi connectivity index (χ1v) is 9.47. The molecule has 0 atom stereocenters. The van der Waals surface area contributed by atoms with Gasteiger partial charge >= 0.3 is 5.97 Å². The minimum atomic E-state index is -3.70. The fraction of sp³-hybridized carbons (Fsp3) is 0.167. The molecule has 0 aliphatic heterocycles. The van der Waals surface area contributed by atoms with E-state index in [-0.39, 0.29) is 23.7 Å². The molecule has 0 bridgehead atoms. The zero-order valence-corrected chi connectivity index (χ0v) is 14.5. The molecule has 1 heterocycles. The van der Waals surface area contributed by atoms with Gasteiger partial charge in [-0.3, -0.25) is 4.72 Å². The maximum Gasteiger partial charge on any atom is 0.356 e. The van der Waals surface area contributed by atoms with E-state index in [4.69, 9.17) is 4.74 Å². The second-order valence-electron chi connectivity index (χ2n) is 5.49. The van der Waals surface area contributed by atoms with Crippen molar-refractivity contribution in [3.05, 3.63) is 65.9 Å². The molecule has 2 aromatic carbocycles. The van der Waals surface area contributed by atoms with Gasteiger partial charge in [0, 0.05) is 10.9 Å². The number of carbonyl (C=O) groups excluding carboxylic acids is 1. The van der Waals surface area contributed by atoms with Gasteiger partial charge in [-0.05, 0) is 18.6 Å². The number of rotatable bonds is 6. The van der Waals surface area contributed by atoms with Crippen LogP contribution in [-0.2, 0) is 20.5 Å². The van der Waals surface area contributed by atoms with Crippen molar-refractivity contribution in [2.75, 3.05) is 11.3 Å². The van der Waals surface area contributed by atoms with E-state index in [2.05, 4.69) is 9.71 Å². The molecule has 1 aromatic heterocycles. The van der Waals surface area contributed by atoms with Gasteiger partial charge in [0.15, 0.2) is 5.69 Å². The molecule has 6 nitrogen and oxygen atoms in total. The molecule has 0 saturated carbocycles. The summed E-state index contributed by atoms with van der Waals surface area (Å²) in [6.07, 6.45) is 0. The molecule has 25 heavy (non-hydrogen) atoms. The molecule has 0 saturated heterocycles. The lowest BCUT2D eigenvalue weighted by molar-refractivity contribution is 0.0522. The number of sulfonamides is 1. The first-order chi connectivity index (χ1) is 12.0. The number of aromatic nitrogens is 1. The van der Waals surface area contributed by atoms with Gasteiger partial charge < -0.3 is 9.72 Å². The number of para-hydroxylation sites is 1. The number of hydrogen-bond acceptors (Lipinski definition) is 4. The van der Waals surface area contributed by atoms with Crippen LogP contribution in [0.25, 0.3) is 10.9 Å². The Bertz CT molecular complexity index is 994. The number of carbonyl (C=O) groups is 1. The van der Waals surface area contributed by atoms with E-state index in [1.54, 1.807) is 55.5 Å². The van der Waals surface area contributed by atoms with Crippen LogP contribution in [0.4, 0.5) is 5.69 Å². The molecule has 130 valence electrons. The van der Waals surface area contributed by atoms with Crippen molar-refractivity contribution in [3.63, 3.8) is 0 Å². The molecule has 0 fully saturated rings. The summed E-state index contributed by atoms with van der Waals surface area (Å²) in [4.78, 5) is 15.1. The predicted molar refractivity (Wildman–Crippen MR) is 96.9 cm³/mol. The molecular formula is C18H18N2O4S. The molecule has 0 aliphatic carbocycles. The first-order valence-electron chi connectivity index (χ1n) is 7.82. The largest absolute Gasteiger partial charge is 0.461 e. The van der Waals surface area contributed by atoms with Crippen LogP contribution in [0.5, 0.6) is 0 Å². The fourth-order valence-electron chi connectivity index (χ4n) is 2.59. The molecule has 7 heteroatoms. The second kappa shape index (κ2) is 6.98. The van der Waals surface area contributed by atoms with Crippen LogP contribution in [0, 0.1) is 0 Å². The molecule has 3 rings (SSSR count). The van der Waals surface area contributed by atoms with Crippen LogP contribution in [0.3, 0.4) is 0 Å². The van der Waals surface area contributed by atoms with Gasteiger partial charge in [-0.2, -0.15) is 0 Å². The highest BCUT2D eigenvalue weighted by molar-refractivity contribution is 7.92. The van der Waals surface area contributed by atoms with E-state index in [1.165, 1.54) is 0 Å². The minimum Gasteiger partial charge on any atom is -0.461 e. The van der Waals surface area contributed by atoms with Crippen LogP contribution in [0.15, 0.2) is 54.6 Å². The van der Waals surface area contributed by atoms with Crippen molar-refractivity contribution in [3.8, 4) is 0 Å². The molecule has 0 amide bonds.